The largest absolute Gasteiger partial charge is 0.543 e. The summed E-state index contributed by atoms with van der Waals surface area (Å²) in [7, 11) is 3.33. The first-order valence-electron chi connectivity index (χ1n) is 11.4. The number of allylic oxidation sites excluding steroid dienone is 3. The van der Waals surface area contributed by atoms with E-state index in [0.29, 0.717) is 22.4 Å². The molecule has 190 valence electrons. The molecule has 0 bridgehead atoms. The first kappa shape index (κ1) is 24.5. The fourth-order valence-corrected chi connectivity index (χ4v) is 6.94. The lowest BCUT2D eigenvalue weighted by Gasteiger charge is -2.51. The second kappa shape index (κ2) is 9.33. The number of nitrogens with zero attached hydrogens (tertiary/aromatic N) is 5. The Hall–Kier alpha value is -3.23. The Labute approximate surface area is 215 Å². The van der Waals surface area contributed by atoms with E-state index < -0.39 is 29.2 Å². The van der Waals surface area contributed by atoms with Gasteiger partial charge in [0, 0.05) is 40.9 Å². The van der Waals surface area contributed by atoms with E-state index in [9.17, 15) is 19.5 Å². The second-order valence-electron chi connectivity index (χ2n) is 9.10. The van der Waals surface area contributed by atoms with E-state index in [-0.39, 0.29) is 22.4 Å². The minimum absolute atomic E-state index is 0.0265. The van der Waals surface area contributed by atoms with Crippen LogP contribution in [0.3, 0.4) is 0 Å². The summed E-state index contributed by atoms with van der Waals surface area (Å²) in [5.74, 6) is -2.28. The number of hydrogen-bond acceptors (Lipinski definition) is 11. The minimum Gasteiger partial charge on any atom is -0.543 e. The number of nitrogen functional groups attached to an aromatic ring is 1. The number of nitrogens with two attached hydrogens (primary N) is 1. The number of carboxylic acids is 1. The highest BCUT2D eigenvalue weighted by molar-refractivity contribution is 8.00. The fourth-order valence-electron chi connectivity index (χ4n) is 5.17. The van der Waals surface area contributed by atoms with Crippen molar-refractivity contribution >= 4 is 51.9 Å². The minimum atomic E-state index is -1.40. The summed E-state index contributed by atoms with van der Waals surface area (Å²) in [5.41, 5.74) is 8.54. The maximum Gasteiger partial charge on any atom is 0.278 e. The number of aromatic nitrogens is 2. The molecule has 0 radical (unpaired) electrons. The van der Waals surface area contributed by atoms with Gasteiger partial charge in [-0.05, 0) is 19.3 Å². The molecule has 1 aromatic rings. The molecule has 2 amide bonds. The van der Waals surface area contributed by atoms with E-state index in [0.717, 1.165) is 37.2 Å². The van der Waals surface area contributed by atoms with Crippen LogP contribution in [-0.2, 0) is 19.2 Å². The summed E-state index contributed by atoms with van der Waals surface area (Å²) >= 11 is 2.29. The van der Waals surface area contributed by atoms with Crippen LogP contribution in [0.1, 0.15) is 31.5 Å². The van der Waals surface area contributed by atoms with Crippen LogP contribution in [0.15, 0.2) is 40.0 Å². The highest BCUT2D eigenvalue weighted by Crippen LogP contribution is 2.43. The zero-order valence-corrected chi connectivity index (χ0v) is 21.4. The number of anilines is 1. The van der Waals surface area contributed by atoms with Crippen LogP contribution in [0.25, 0.3) is 0 Å². The van der Waals surface area contributed by atoms with Crippen molar-refractivity contribution < 1.29 is 28.8 Å². The first-order valence-corrected chi connectivity index (χ1v) is 13.2. The molecule has 5 rings (SSSR count). The van der Waals surface area contributed by atoms with Crippen molar-refractivity contribution in [1.29, 1.82) is 0 Å². The number of carbonyl (C=O) groups is 3. The fraction of sp³-hybridized carbons (Fsp3) is 0.455. The van der Waals surface area contributed by atoms with Gasteiger partial charge in [-0.2, -0.15) is 9.36 Å². The molecule has 4 aliphatic rings. The van der Waals surface area contributed by atoms with Gasteiger partial charge in [0.05, 0.1) is 18.7 Å². The summed E-state index contributed by atoms with van der Waals surface area (Å²) in [6.45, 7) is 0.445. The second-order valence-corrected chi connectivity index (χ2v) is 11.0. The van der Waals surface area contributed by atoms with Crippen molar-refractivity contribution in [2.75, 3.05) is 32.2 Å². The number of likely N-dealkylation sites (N-methyl/N-ethyl adjacent to an activating group) is 1. The number of thioether (sulfide) groups is 1. The van der Waals surface area contributed by atoms with Crippen molar-refractivity contribution in [1.82, 2.24) is 19.6 Å². The highest BCUT2D eigenvalue weighted by Gasteiger charge is 2.54. The van der Waals surface area contributed by atoms with Crippen LogP contribution in [0.4, 0.5) is 5.13 Å². The molecule has 3 atom stereocenters. The number of carboxylic acid groups (broad SMARTS) is 1. The lowest BCUT2D eigenvalue weighted by molar-refractivity contribution is -0.814. The number of quaternary nitrogens is 1. The van der Waals surface area contributed by atoms with E-state index in [2.05, 4.69) is 39.2 Å². The number of carbonyl (C=O) groups excluding carboxylic acids is 3. The third-order valence-electron chi connectivity index (χ3n) is 6.80. The molecule has 3 aliphatic heterocycles. The Morgan fingerprint density at radius 1 is 1.39 bits per heavy atom. The highest BCUT2D eigenvalue weighted by atomic mass is 32.2. The number of β-lactam (4-membered cyclic amide) rings is 1. The van der Waals surface area contributed by atoms with Crippen LogP contribution in [0.2, 0.25) is 0 Å². The predicted molar refractivity (Wildman–Crippen MR) is 131 cm³/mol. The van der Waals surface area contributed by atoms with E-state index in [1.165, 1.54) is 35.0 Å². The third kappa shape index (κ3) is 4.08. The molecule has 1 unspecified atom stereocenters. The zero-order chi connectivity index (χ0) is 25.6. The number of nitrogens with one attached hydrogen (secondary N) is 1. The number of rotatable bonds is 7. The van der Waals surface area contributed by atoms with Crippen LogP contribution >= 0.6 is 23.3 Å². The van der Waals surface area contributed by atoms with Gasteiger partial charge in [0.25, 0.3) is 11.8 Å². The van der Waals surface area contributed by atoms with E-state index in [4.69, 9.17) is 10.6 Å². The lowest BCUT2D eigenvalue weighted by atomic mass is 9.96. The zero-order valence-electron chi connectivity index (χ0n) is 19.7. The molecule has 1 aromatic heterocycles. The molecular weight excluding hydrogens is 506 g/mol. The monoisotopic (exact) mass is 531 g/mol. The van der Waals surface area contributed by atoms with Gasteiger partial charge in [-0.3, -0.25) is 19.0 Å². The Morgan fingerprint density at radius 3 is 2.86 bits per heavy atom. The summed E-state index contributed by atoms with van der Waals surface area (Å²) < 4.78 is 4.48. The Bertz CT molecular complexity index is 1270. The van der Waals surface area contributed by atoms with Crippen LogP contribution in [-0.4, -0.2) is 80.1 Å². The molecule has 1 fully saturated rings. The van der Waals surface area contributed by atoms with Gasteiger partial charge in [0.15, 0.2) is 5.13 Å². The number of fused-ring (bicyclic) bond motifs is 1. The van der Waals surface area contributed by atoms with Crippen molar-refractivity contribution in [3.05, 3.63) is 40.6 Å². The smallest absolute Gasteiger partial charge is 0.278 e. The molecular formula is C22H25N7O5S2. The number of hydrogen-bond donors (Lipinski definition) is 2. The summed E-state index contributed by atoms with van der Waals surface area (Å²) in [5, 5.41) is 18.1. The predicted octanol–water partition coefficient (Wildman–Crippen LogP) is -0.323. The summed E-state index contributed by atoms with van der Waals surface area (Å²) in [4.78, 5) is 48.1. The van der Waals surface area contributed by atoms with Gasteiger partial charge in [0.2, 0.25) is 11.5 Å². The average molecular weight is 532 g/mol. The van der Waals surface area contributed by atoms with Crippen LogP contribution < -0.4 is 16.2 Å². The quantitative estimate of drug-likeness (QED) is 0.208. The van der Waals surface area contributed by atoms with Crippen LogP contribution in [0.5, 0.6) is 0 Å². The van der Waals surface area contributed by atoms with Gasteiger partial charge in [-0.1, -0.05) is 5.16 Å². The Balaban J connectivity index is 1.35. The Kier molecular flexibility index (Phi) is 6.34. The maximum atomic E-state index is 13.1. The average Bonchev–Trinajstić information content (AvgIpc) is 3.43. The number of amides is 2. The summed E-state index contributed by atoms with van der Waals surface area (Å²) in [6, 6.07) is -0.944. The first-order chi connectivity index (χ1) is 17.2. The Morgan fingerprint density at radius 2 is 2.17 bits per heavy atom. The molecule has 0 aromatic carbocycles. The van der Waals surface area contributed by atoms with Crippen molar-refractivity contribution in [3.63, 3.8) is 0 Å². The third-order valence-corrected chi connectivity index (χ3v) is 8.68. The van der Waals surface area contributed by atoms with E-state index in [1.807, 2.05) is 0 Å². The molecule has 0 spiro atoms. The van der Waals surface area contributed by atoms with Crippen molar-refractivity contribution in [2.45, 2.75) is 37.1 Å². The molecule has 3 N–H and O–H groups in total. The van der Waals surface area contributed by atoms with Gasteiger partial charge in [-0.15, -0.1) is 11.8 Å². The molecule has 0 saturated carbocycles. The van der Waals surface area contributed by atoms with Crippen molar-refractivity contribution in [2.24, 2.45) is 5.16 Å². The lowest BCUT2D eigenvalue weighted by Crippen LogP contribution is -2.71. The molecule has 1 aliphatic carbocycles. The number of aliphatic carboxylic acids is 1. The van der Waals surface area contributed by atoms with E-state index in [1.54, 1.807) is 0 Å². The molecule has 12 nitrogen and oxygen atoms in total. The van der Waals surface area contributed by atoms with Crippen molar-refractivity contribution in [3.8, 4) is 0 Å². The van der Waals surface area contributed by atoms with Crippen LogP contribution in [0, 0.1) is 0 Å². The molecule has 4 heterocycles. The van der Waals surface area contributed by atoms with Gasteiger partial charge in [-0.25, -0.2) is 0 Å². The molecule has 14 heteroatoms. The normalized spacial score (nSPS) is 27.6. The molecule has 1 saturated heterocycles. The number of oxime groups is 1. The topological polar surface area (TPSA) is 163 Å². The molecule has 36 heavy (non-hydrogen) atoms. The van der Waals surface area contributed by atoms with E-state index >= 15 is 0 Å². The van der Waals surface area contributed by atoms with Gasteiger partial charge < -0.3 is 25.8 Å². The van der Waals surface area contributed by atoms with Gasteiger partial charge in [0.1, 0.15) is 37.0 Å². The maximum absolute atomic E-state index is 13.1. The summed E-state index contributed by atoms with van der Waals surface area (Å²) in [6.07, 6.45) is 8.52. The van der Waals surface area contributed by atoms with Gasteiger partial charge >= 0.3 is 0 Å². The SMILES string of the molecule is CO/N=C(\C(=O)N[C@@H]1C(=O)N2C(C(=O)[O-])=C(C[N+]3(C)C=CC4=C3CCCC4)CS[C@H]12)c1nsc(N)n1. The standard InChI is InChI=1S/C22H25N7O5S2/c1-29(8-7-11-5-3-4-6-13(11)29)9-12-10-35-20-15(19(31)28(20)16(12)21(32)33)24-18(30)14(26-34-2)17-25-22(23)36-27-17/h7-8,15,20H,3-6,9-10H2,1-2H3,(H3-,23,24,25,27,30,32,33)/b26-14-/t15-,20-,29?/m1/s1.